The lowest BCUT2D eigenvalue weighted by atomic mass is 10.0. The Balaban J connectivity index is 1.78. The van der Waals surface area contributed by atoms with Crippen LogP contribution in [0.15, 0.2) is 12.3 Å². The van der Waals surface area contributed by atoms with Crippen LogP contribution in [0.4, 0.5) is 0 Å². The van der Waals surface area contributed by atoms with Crippen LogP contribution in [0.3, 0.4) is 0 Å². The van der Waals surface area contributed by atoms with Crippen molar-refractivity contribution in [1.82, 2.24) is 20.0 Å². The largest absolute Gasteiger partial charge is 0.381 e. The van der Waals surface area contributed by atoms with E-state index in [9.17, 15) is 4.79 Å². The lowest BCUT2D eigenvalue weighted by Gasteiger charge is -2.39. The lowest BCUT2D eigenvalue weighted by Crippen LogP contribution is -2.50. The average Bonchev–Trinajstić information content (AvgIpc) is 2.94. The van der Waals surface area contributed by atoms with Gasteiger partial charge in [0.15, 0.2) is 0 Å². The monoisotopic (exact) mass is 292 g/mol. The van der Waals surface area contributed by atoms with E-state index in [2.05, 4.69) is 15.3 Å². The molecular formula is C15H24N4O2. The summed E-state index contributed by atoms with van der Waals surface area (Å²) in [6.45, 7) is 7.22. The normalized spacial score (nSPS) is 24.0. The first-order chi connectivity index (χ1) is 10.1. The van der Waals surface area contributed by atoms with Gasteiger partial charge < -0.3 is 10.1 Å². The molecule has 0 bridgehead atoms. The first kappa shape index (κ1) is 14.5. The van der Waals surface area contributed by atoms with E-state index in [0.717, 1.165) is 44.8 Å². The Kier molecular flexibility index (Phi) is 4.26. The van der Waals surface area contributed by atoms with E-state index in [1.54, 1.807) is 6.20 Å². The first-order valence-corrected chi connectivity index (χ1v) is 7.79. The Labute approximate surface area is 125 Å². The van der Waals surface area contributed by atoms with Crippen LogP contribution in [0.2, 0.25) is 0 Å². The quantitative estimate of drug-likeness (QED) is 0.901. The Morgan fingerprint density at radius 2 is 2.19 bits per heavy atom. The Morgan fingerprint density at radius 1 is 1.43 bits per heavy atom. The number of hydrogen-bond acceptors (Lipinski definition) is 4. The molecule has 2 aliphatic rings. The predicted octanol–water partition coefficient (Wildman–Crippen LogP) is 0.943. The molecule has 3 rings (SSSR count). The van der Waals surface area contributed by atoms with Crippen molar-refractivity contribution in [2.24, 2.45) is 0 Å². The minimum Gasteiger partial charge on any atom is -0.381 e. The predicted molar refractivity (Wildman–Crippen MR) is 78.8 cm³/mol. The fraction of sp³-hybridized carbons (Fsp3) is 0.733. The van der Waals surface area contributed by atoms with Crippen molar-refractivity contribution in [1.29, 1.82) is 0 Å². The fourth-order valence-corrected chi connectivity index (χ4v) is 3.22. The maximum Gasteiger partial charge on any atom is 0.246 e. The molecule has 21 heavy (non-hydrogen) atoms. The van der Waals surface area contributed by atoms with Crippen LogP contribution in [0, 0.1) is 0 Å². The number of hydrogen-bond donors (Lipinski definition) is 1. The second kappa shape index (κ2) is 6.15. The molecule has 1 aromatic rings. The Morgan fingerprint density at radius 3 is 2.90 bits per heavy atom. The molecule has 1 saturated heterocycles. The molecule has 3 heterocycles. The molecule has 1 N–H and O–H groups in total. The SMILES string of the molecule is CC(C)NC(=O)[C@@H]1CN(C2CCOCC2)Cc2ccnn21. The van der Waals surface area contributed by atoms with Crippen LogP contribution >= 0.6 is 0 Å². The van der Waals surface area contributed by atoms with E-state index in [4.69, 9.17) is 4.74 Å². The number of ether oxygens (including phenoxy) is 1. The number of rotatable bonds is 3. The van der Waals surface area contributed by atoms with Crippen LogP contribution in [0.1, 0.15) is 38.4 Å². The molecule has 0 spiro atoms. The number of amides is 1. The summed E-state index contributed by atoms with van der Waals surface area (Å²) in [5.41, 5.74) is 1.12. The van der Waals surface area contributed by atoms with Crippen molar-refractivity contribution in [3.05, 3.63) is 18.0 Å². The molecule has 1 amide bonds. The molecule has 2 aliphatic heterocycles. The van der Waals surface area contributed by atoms with Crippen molar-refractivity contribution >= 4 is 5.91 Å². The van der Waals surface area contributed by atoms with Gasteiger partial charge in [0, 0.05) is 44.6 Å². The highest BCUT2D eigenvalue weighted by Gasteiger charge is 2.34. The van der Waals surface area contributed by atoms with Crippen molar-refractivity contribution in [2.45, 2.75) is 51.4 Å². The molecule has 0 radical (unpaired) electrons. The summed E-state index contributed by atoms with van der Waals surface area (Å²) in [5, 5.41) is 7.37. The van der Waals surface area contributed by atoms with Crippen molar-refractivity contribution in [3.8, 4) is 0 Å². The summed E-state index contributed by atoms with van der Waals surface area (Å²) in [6, 6.07) is 2.45. The van der Waals surface area contributed by atoms with Crippen LogP contribution in [0.25, 0.3) is 0 Å². The summed E-state index contributed by atoms with van der Waals surface area (Å²) in [7, 11) is 0. The summed E-state index contributed by atoms with van der Waals surface area (Å²) < 4.78 is 7.33. The minimum absolute atomic E-state index is 0.0618. The fourth-order valence-electron chi connectivity index (χ4n) is 3.22. The van der Waals surface area contributed by atoms with Crippen molar-refractivity contribution < 1.29 is 9.53 Å². The first-order valence-electron chi connectivity index (χ1n) is 7.79. The van der Waals surface area contributed by atoms with E-state index in [1.165, 1.54) is 0 Å². The smallest absolute Gasteiger partial charge is 0.246 e. The van der Waals surface area contributed by atoms with E-state index in [-0.39, 0.29) is 18.0 Å². The van der Waals surface area contributed by atoms with E-state index >= 15 is 0 Å². The summed E-state index contributed by atoms with van der Waals surface area (Å²) in [6.07, 6.45) is 3.89. The van der Waals surface area contributed by atoms with Gasteiger partial charge in [-0.05, 0) is 32.8 Å². The van der Waals surface area contributed by atoms with Gasteiger partial charge in [0.1, 0.15) is 6.04 Å². The van der Waals surface area contributed by atoms with Gasteiger partial charge in [0.05, 0.1) is 5.69 Å². The third-order valence-electron chi connectivity index (χ3n) is 4.26. The van der Waals surface area contributed by atoms with E-state index in [0.29, 0.717) is 6.04 Å². The molecule has 0 unspecified atom stereocenters. The third-order valence-corrected chi connectivity index (χ3v) is 4.26. The van der Waals surface area contributed by atoms with Crippen molar-refractivity contribution in [2.75, 3.05) is 19.8 Å². The van der Waals surface area contributed by atoms with Gasteiger partial charge in [-0.2, -0.15) is 5.10 Å². The third kappa shape index (κ3) is 3.11. The highest BCUT2D eigenvalue weighted by Crippen LogP contribution is 2.25. The Hall–Kier alpha value is -1.40. The van der Waals surface area contributed by atoms with Gasteiger partial charge in [-0.25, -0.2) is 0 Å². The zero-order valence-electron chi connectivity index (χ0n) is 12.8. The van der Waals surface area contributed by atoms with Gasteiger partial charge in [0.25, 0.3) is 0 Å². The molecular weight excluding hydrogens is 268 g/mol. The molecule has 116 valence electrons. The highest BCUT2D eigenvalue weighted by atomic mass is 16.5. The number of fused-ring (bicyclic) bond motifs is 1. The molecule has 0 aromatic carbocycles. The van der Waals surface area contributed by atoms with Crippen LogP contribution in [-0.2, 0) is 16.1 Å². The number of nitrogens with one attached hydrogen (secondary N) is 1. The summed E-state index contributed by atoms with van der Waals surface area (Å²) in [4.78, 5) is 14.9. The second-order valence-corrected chi connectivity index (χ2v) is 6.22. The molecule has 6 nitrogen and oxygen atoms in total. The number of carbonyl (C=O) groups excluding carboxylic acids is 1. The van der Waals surface area contributed by atoms with Crippen LogP contribution < -0.4 is 5.32 Å². The zero-order valence-corrected chi connectivity index (χ0v) is 12.8. The summed E-state index contributed by atoms with van der Waals surface area (Å²) >= 11 is 0. The molecule has 1 fully saturated rings. The van der Waals surface area contributed by atoms with Gasteiger partial charge in [-0.3, -0.25) is 14.4 Å². The second-order valence-electron chi connectivity index (χ2n) is 6.22. The molecule has 1 atom stereocenters. The standard InChI is InChI=1S/C15H24N4O2/c1-11(2)17-15(20)14-10-18(12-4-7-21-8-5-12)9-13-3-6-16-19(13)14/h3,6,11-12,14H,4-5,7-10H2,1-2H3,(H,17,20)/t14-/m0/s1. The van der Waals surface area contributed by atoms with Gasteiger partial charge >= 0.3 is 0 Å². The maximum absolute atomic E-state index is 12.5. The maximum atomic E-state index is 12.5. The molecule has 1 aromatic heterocycles. The summed E-state index contributed by atoms with van der Waals surface area (Å²) in [5.74, 6) is 0.0618. The highest BCUT2D eigenvalue weighted by molar-refractivity contribution is 5.81. The van der Waals surface area contributed by atoms with Crippen LogP contribution in [-0.4, -0.2) is 52.4 Å². The topological polar surface area (TPSA) is 59.4 Å². The van der Waals surface area contributed by atoms with Gasteiger partial charge in [-0.1, -0.05) is 0 Å². The lowest BCUT2D eigenvalue weighted by molar-refractivity contribution is -0.127. The number of nitrogens with zero attached hydrogens (tertiary/aromatic N) is 3. The number of aromatic nitrogens is 2. The van der Waals surface area contributed by atoms with Crippen LogP contribution in [0.5, 0.6) is 0 Å². The Bertz CT molecular complexity index is 494. The molecule has 6 heteroatoms. The van der Waals surface area contributed by atoms with E-state index < -0.39 is 0 Å². The van der Waals surface area contributed by atoms with Gasteiger partial charge in [0.2, 0.25) is 5.91 Å². The molecule has 0 aliphatic carbocycles. The van der Waals surface area contributed by atoms with E-state index in [1.807, 2.05) is 24.6 Å². The minimum atomic E-state index is -0.228. The molecule has 0 saturated carbocycles. The average molecular weight is 292 g/mol. The van der Waals surface area contributed by atoms with Gasteiger partial charge in [-0.15, -0.1) is 0 Å². The number of carbonyl (C=O) groups is 1. The zero-order chi connectivity index (χ0) is 14.8. The van der Waals surface area contributed by atoms with Crippen molar-refractivity contribution in [3.63, 3.8) is 0 Å².